The third kappa shape index (κ3) is 0.806. The zero-order chi connectivity index (χ0) is 9.76. The first kappa shape index (κ1) is 7.91. The maximum absolute atomic E-state index is 12.3. The average Bonchev–Trinajstić information content (AvgIpc) is 2.58. The van der Waals surface area contributed by atoms with E-state index >= 15 is 0 Å². The molecule has 0 N–H and O–H groups in total. The topological polar surface area (TPSA) is 40.1 Å². The lowest BCUT2D eigenvalue weighted by atomic mass is 10.0. The number of hydroxylamine groups is 3. The van der Waals surface area contributed by atoms with Crippen molar-refractivity contribution in [3.05, 3.63) is 52.6 Å². The molecule has 0 aromatic rings. The van der Waals surface area contributed by atoms with Crippen LogP contribution in [0.4, 0.5) is 0 Å². The van der Waals surface area contributed by atoms with E-state index < -0.39 is 0 Å². The lowest BCUT2D eigenvalue weighted by Crippen LogP contribution is -2.34. The molecule has 0 spiro atoms. The van der Waals surface area contributed by atoms with Gasteiger partial charge in [0.1, 0.15) is 17.9 Å². The van der Waals surface area contributed by atoms with Gasteiger partial charge in [0.15, 0.2) is 5.78 Å². The van der Waals surface area contributed by atoms with Crippen molar-refractivity contribution in [3.63, 3.8) is 0 Å². The molecule has 3 heteroatoms. The van der Waals surface area contributed by atoms with Crippen molar-refractivity contribution < 1.29 is 9.44 Å². The van der Waals surface area contributed by atoms with Crippen molar-refractivity contribution in [2.24, 2.45) is 0 Å². The number of allylic oxidation sites excluding steroid dienone is 4. The number of carbonyl (C=O) groups excluding carboxylic acids is 1. The van der Waals surface area contributed by atoms with Crippen LogP contribution in [-0.4, -0.2) is 17.0 Å². The first-order chi connectivity index (χ1) is 6.70. The number of carbonyl (C=O) groups is 1. The number of fused-ring (bicyclic) bond motifs is 3. The second-order valence-corrected chi connectivity index (χ2v) is 3.75. The Hall–Kier alpha value is -1.45. The summed E-state index contributed by atoms with van der Waals surface area (Å²) in [5.41, 5.74) is 2.29. The number of quaternary nitrogens is 1. The van der Waals surface area contributed by atoms with Gasteiger partial charge in [-0.25, -0.2) is 0 Å². The number of hydrogen-bond donors (Lipinski definition) is 0. The highest BCUT2D eigenvalue weighted by molar-refractivity contribution is 5.94. The number of nitrogens with zero attached hydrogens (tertiary/aromatic N) is 1. The van der Waals surface area contributed by atoms with Crippen LogP contribution in [0.3, 0.4) is 0 Å². The molecule has 14 heavy (non-hydrogen) atoms. The standard InChI is InChI=1S/C11H9NO2/c13-10-3-4-11-8(7-10)6-9-2-1-5-12(9,11)14/h1-2,4,6-7H,3,5H2. The monoisotopic (exact) mass is 187 g/mol. The molecule has 1 unspecified atom stereocenters. The highest BCUT2D eigenvalue weighted by atomic mass is 16.5. The Morgan fingerprint density at radius 2 is 2.21 bits per heavy atom. The van der Waals surface area contributed by atoms with Crippen molar-refractivity contribution >= 4 is 5.78 Å². The van der Waals surface area contributed by atoms with Crippen LogP contribution in [0, 0.1) is 5.21 Å². The summed E-state index contributed by atoms with van der Waals surface area (Å²) < 4.78 is -0.390. The Kier molecular flexibility index (Phi) is 1.31. The van der Waals surface area contributed by atoms with E-state index in [1.807, 2.05) is 18.2 Å². The van der Waals surface area contributed by atoms with Crippen LogP contribution in [0.5, 0.6) is 0 Å². The molecule has 1 atom stereocenters. The van der Waals surface area contributed by atoms with Crippen LogP contribution in [-0.2, 0) is 4.79 Å². The molecule has 0 aromatic heterocycles. The summed E-state index contributed by atoms with van der Waals surface area (Å²) in [5.74, 6) is 0.0809. The highest BCUT2D eigenvalue weighted by Gasteiger charge is 2.39. The molecule has 0 fully saturated rings. The van der Waals surface area contributed by atoms with E-state index in [1.165, 1.54) is 0 Å². The minimum atomic E-state index is -0.390. The fourth-order valence-electron chi connectivity index (χ4n) is 2.19. The lowest BCUT2D eigenvalue weighted by Gasteiger charge is -2.37. The van der Waals surface area contributed by atoms with Gasteiger partial charge in [0.2, 0.25) is 0 Å². The Morgan fingerprint density at radius 3 is 3.07 bits per heavy atom. The molecule has 0 aromatic carbocycles. The molecule has 1 aliphatic carbocycles. The summed E-state index contributed by atoms with van der Waals surface area (Å²) in [6.07, 6.45) is 9.25. The van der Waals surface area contributed by atoms with Gasteiger partial charge < -0.3 is 5.21 Å². The van der Waals surface area contributed by atoms with Crippen LogP contribution < -0.4 is 0 Å². The van der Waals surface area contributed by atoms with Gasteiger partial charge in [0, 0.05) is 24.1 Å². The molecule has 0 amide bonds. The van der Waals surface area contributed by atoms with E-state index in [0.717, 1.165) is 17.0 Å². The molecule has 0 bridgehead atoms. The van der Waals surface area contributed by atoms with Gasteiger partial charge in [-0.15, -0.1) is 0 Å². The van der Waals surface area contributed by atoms with Crippen molar-refractivity contribution in [1.82, 2.24) is 0 Å². The number of rotatable bonds is 0. The summed E-state index contributed by atoms with van der Waals surface area (Å²) in [4.78, 5) is 11.2. The Morgan fingerprint density at radius 1 is 1.36 bits per heavy atom. The van der Waals surface area contributed by atoms with E-state index in [9.17, 15) is 10.0 Å². The van der Waals surface area contributed by atoms with Crippen LogP contribution in [0.1, 0.15) is 6.42 Å². The second kappa shape index (κ2) is 2.32. The molecule has 3 nitrogen and oxygen atoms in total. The van der Waals surface area contributed by atoms with Gasteiger partial charge >= 0.3 is 0 Å². The smallest absolute Gasteiger partial charge is 0.160 e. The van der Waals surface area contributed by atoms with E-state index in [1.54, 1.807) is 12.2 Å². The summed E-state index contributed by atoms with van der Waals surface area (Å²) in [7, 11) is 0. The largest absolute Gasteiger partial charge is 0.622 e. The summed E-state index contributed by atoms with van der Waals surface area (Å²) >= 11 is 0. The molecule has 0 saturated carbocycles. The molecule has 0 saturated heterocycles. The van der Waals surface area contributed by atoms with Gasteiger partial charge in [0.25, 0.3) is 0 Å². The van der Waals surface area contributed by atoms with Crippen LogP contribution in [0.15, 0.2) is 47.3 Å². The predicted octanol–water partition coefficient (Wildman–Crippen LogP) is 1.55. The van der Waals surface area contributed by atoms with Crippen molar-refractivity contribution in [3.8, 4) is 0 Å². The van der Waals surface area contributed by atoms with Crippen LogP contribution in [0.25, 0.3) is 0 Å². The van der Waals surface area contributed by atoms with Gasteiger partial charge in [0.05, 0.1) is 0 Å². The van der Waals surface area contributed by atoms with Gasteiger partial charge in [-0.2, -0.15) is 0 Å². The number of hydrogen-bond acceptors (Lipinski definition) is 2. The summed E-state index contributed by atoms with van der Waals surface area (Å²) in [5, 5.41) is 12.3. The Labute approximate surface area is 81.5 Å². The average molecular weight is 187 g/mol. The predicted molar refractivity (Wildman–Crippen MR) is 51.5 cm³/mol. The molecule has 3 rings (SSSR count). The van der Waals surface area contributed by atoms with Gasteiger partial charge in [-0.3, -0.25) is 9.44 Å². The minimum Gasteiger partial charge on any atom is -0.622 e. The summed E-state index contributed by atoms with van der Waals surface area (Å²) in [6, 6.07) is 0. The first-order valence-corrected chi connectivity index (χ1v) is 4.64. The SMILES string of the molecule is O=C1C=C2C=C3C=CC[N+]3([O-])C2=CC1. The van der Waals surface area contributed by atoms with Crippen molar-refractivity contribution in [2.45, 2.75) is 6.42 Å². The maximum Gasteiger partial charge on any atom is 0.160 e. The molecular formula is C11H9NO2. The van der Waals surface area contributed by atoms with Crippen molar-refractivity contribution in [2.75, 3.05) is 6.54 Å². The molecule has 3 aliphatic rings. The molecule has 2 aliphatic heterocycles. The number of ketones is 1. The van der Waals surface area contributed by atoms with Gasteiger partial charge in [-0.05, 0) is 18.2 Å². The molecule has 2 heterocycles. The normalized spacial score (nSPS) is 33.5. The van der Waals surface area contributed by atoms with E-state index in [4.69, 9.17) is 0 Å². The second-order valence-electron chi connectivity index (χ2n) is 3.75. The van der Waals surface area contributed by atoms with E-state index in [2.05, 4.69) is 0 Å². The fraction of sp³-hybridized carbons (Fsp3) is 0.182. The summed E-state index contributed by atoms with van der Waals surface area (Å²) in [6.45, 7) is 0.462. The third-order valence-electron chi connectivity index (χ3n) is 2.87. The van der Waals surface area contributed by atoms with Crippen LogP contribution >= 0.6 is 0 Å². The highest BCUT2D eigenvalue weighted by Crippen LogP contribution is 2.42. The van der Waals surface area contributed by atoms with E-state index in [0.29, 0.717) is 13.0 Å². The lowest BCUT2D eigenvalue weighted by molar-refractivity contribution is -0.782. The molecule has 70 valence electrons. The molecule has 0 radical (unpaired) electrons. The maximum atomic E-state index is 12.3. The van der Waals surface area contributed by atoms with E-state index in [-0.39, 0.29) is 10.4 Å². The Bertz CT molecular complexity index is 454. The first-order valence-electron chi connectivity index (χ1n) is 4.64. The van der Waals surface area contributed by atoms with Crippen LogP contribution in [0.2, 0.25) is 0 Å². The Balaban J connectivity index is 2.18. The fourth-order valence-corrected chi connectivity index (χ4v) is 2.19. The van der Waals surface area contributed by atoms with Crippen molar-refractivity contribution in [1.29, 1.82) is 0 Å². The van der Waals surface area contributed by atoms with Gasteiger partial charge in [-0.1, -0.05) is 0 Å². The molecular weight excluding hydrogens is 178 g/mol. The zero-order valence-electron chi connectivity index (χ0n) is 7.56. The third-order valence-corrected chi connectivity index (χ3v) is 2.87. The zero-order valence-corrected chi connectivity index (χ0v) is 7.56. The minimum absolute atomic E-state index is 0.0809. The quantitative estimate of drug-likeness (QED) is 0.426.